The zero-order chi connectivity index (χ0) is 13.9. The minimum Gasteiger partial charge on any atom is -0.392 e. The number of nitrogens with zero attached hydrogens (tertiary/aromatic N) is 2. The van der Waals surface area contributed by atoms with Gasteiger partial charge >= 0.3 is 0 Å². The van der Waals surface area contributed by atoms with Gasteiger partial charge in [0.25, 0.3) is 0 Å². The van der Waals surface area contributed by atoms with Crippen LogP contribution < -0.4 is 10.2 Å². The summed E-state index contributed by atoms with van der Waals surface area (Å²) in [5.74, 6) is 0.663. The lowest BCUT2D eigenvalue weighted by molar-refractivity contribution is -0.124. The molecule has 1 unspecified atom stereocenters. The molecule has 1 aliphatic carbocycles. The maximum atomic E-state index is 12.3. The van der Waals surface area contributed by atoms with E-state index in [1.165, 1.54) is 0 Å². The van der Waals surface area contributed by atoms with Crippen LogP contribution in [0.3, 0.4) is 0 Å². The van der Waals surface area contributed by atoms with Gasteiger partial charge in [-0.25, -0.2) is 4.98 Å². The summed E-state index contributed by atoms with van der Waals surface area (Å²) in [6, 6.07) is 3.57. The number of ether oxygens (including phenoxy) is 1. The van der Waals surface area contributed by atoms with Crippen LogP contribution in [-0.4, -0.2) is 47.8 Å². The van der Waals surface area contributed by atoms with Gasteiger partial charge in [-0.15, -0.1) is 0 Å². The fourth-order valence-electron chi connectivity index (χ4n) is 2.41. The fraction of sp³-hybridized carbons (Fsp3) is 0.571. The van der Waals surface area contributed by atoms with Gasteiger partial charge in [0.05, 0.1) is 19.8 Å². The van der Waals surface area contributed by atoms with Crippen LogP contribution in [0.4, 0.5) is 5.82 Å². The van der Waals surface area contributed by atoms with Crippen molar-refractivity contribution < 1.29 is 14.6 Å². The molecule has 1 saturated carbocycles. The molecule has 1 atom stereocenters. The van der Waals surface area contributed by atoms with Crippen molar-refractivity contribution >= 4 is 11.7 Å². The Hall–Kier alpha value is -1.66. The molecule has 0 spiro atoms. The number of hydrogen-bond acceptors (Lipinski definition) is 5. The molecule has 108 valence electrons. The molecule has 2 N–H and O–H groups in total. The summed E-state index contributed by atoms with van der Waals surface area (Å²) in [6.07, 6.45) is 3.80. The molecule has 1 aliphatic heterocycles. The number of pyridine rings is 1. The van der Waals surface area contributed by atoms with Crippen molar-refractivity contribution in [1.82, 2.24) is 10.3 Å². The number of carbonyl (C=O) groups is 1. The zero-order valence-corrected chi connectivity index (χ0v) is 11.3. The SMILES string of the molecule is O=C(NC1CC1)C1COCCN1c1ncccc1CO. The molecular formula is C14H19N3O3. The highest BCUT2D eigenvalue weighted by atomic mass is 16.5. The molecule has 0 radical (unpaired) electrons. The van der Waals surface area contributed by atoms with Crippen LogP contribution >= 0.6 is 0 Å². The largest absolute Gasteiger partial charge is 0.392 e. The van der Waals surface area contributed by atoms with Gasteiger partial charge in [0, 0.05) is 24.3 Å². The third-order valence-corrected chi connectivity index (χ3v) is 3.66. The van der Waals surface area contributed by atoms with E-state index < -0.39 is 0 Å². The Kier molecular flexibility index (Phi) is 3.84. The van der Waals surface area contributed by atoms with E-state index in [-0.39, 0.29) is 18.6 Å². The standard InChI is InChI=1S/C14H19N3O3/c18-8-10-2-1-5-15-13(10)17-6-7-20-9-12(17)14(19)16-11-3-4-11/h1-2,5,11-12,18H,3-4,6-9H2,(H,16,19). The van der Waals surface area contributed by atoms with Gasteiger partial charge in [0.2, 0.25) is 5.91 Å². The van der Waals surface area contributed by atoms with E-state index in [1.54, 1.807) is 12.3 Å². The number of carbonyl (C=O) groups excluding carboxylic acids is 1. The molecule has 6 heteroatoms. The summed E-state index contributed by atoms with van der Waals surface area (Å²) in [7, 11) is 0. The minimum atomic E-state index is -0.371. The first kappa shape index (κ1) is 13.3. The van der Waals surface area contributed by atoms with Crippen LogP contribution in [0.5, 0.6) is 0 Å². The van der Waals surface area contributed by atoms with Crippen molar-refractivity contribution in [3.05, 3.63) is 23.9 Å². The number of amides is 1. The molecule has 2 fully saturated rings. The molecule has 1 amide bonds. The van der Waals surface area contributed by atoms with Crippen molar-refractivity contribution in [3.8, 4) is 0 Å². The van der Waals surface area contributed by atoms with E-state index in [0.29, 0.717) is 31.6 Å². The van der Waals surface area contributed by atoms with Gasteiger partial charge in [-0.05, 0) is 18.9 Å². The lowest BCUT2D eigenvalue weighted by Gasteiger charge is -2.36. The Bertz CT molecular complexity index is 490. The monoisotopic (exact) mass is 277 g/mol. The average molecular weight is 277 g/mol. The maximum absolute atomic E-state index is 12.3. The van der Waals surface area contributed by atoms with Crippen molar-refractivity contribution in [2.75, 3.05) is 24.7 Å². The first-order valence-electron chi connectivity index (χ1n) is 6.99. The summed E-state index contributed by atoms with van der Waals surface area (Å²) >= 11 is 0. The molecule has 6 nitrogen and oxygen atoms in total. The van der Waals surface area contributed by atoms with Gasteiger partial charge in [-0.2, -0.15) is 0 Å². The van der Waals surface area contributed by atoms with Crippen LogP contribution in [0, 0.1) is 0 Å². The van der Waals surface area contributed by atoms with Gasteiger partial charge in [-0.1, -0.05) is 6.07 Å². The summed E-state index contributed by atoms with van der Waals surface area (Å²) < 4.78 is 5.44. The van der Waals surface area contributed by atoms with E-state index in [0.717, 1.165) is 18.4 Å². The topological polar surface area (TPSA) is 74.7 Å². The lowest BCUT2D eigenvalue weighted by atomic mass is 10.1. The van der Waals surface area contributed by atoms with E-state index in [1.807, 2.05) is 11.0 Å². The first-order chi connectivity index (χ1) is 9.79. The van der Waals surface area contributed by atoms with Gasteiger partial charge in [0.1, 0.15) is 11.9 Å². The minimum absolute atomic E-state index is 0.0123. The summed E-state index contributed by atoms with van der Waals surface area (Å²) in [6.45, 7) is 1.44. The molecule has 1 aromatic heterocycles. The Balaban J connectivity index is 1.82. The molecule has 1 saturated heterocycles. The number of anilines is 1. The second-order valence-corrected chi connectivity index (χ2v) is 5.21. The van der Waals surface area contributed by atoms with Crippen LogP contribution in [0.25, 0.3) is 0 Å². The molecule has 1 aromatic rings. The fourth-order valence-corrected chi connectivity index (χ4v) is 2.41. The second-order valence-electron chi connectivity index (χ2n) is 5.21. The Labute approximate surface area is 117 Å². The summed E-state index contributed by atoms with van der Waals surface area (Å²) in [5.41, 5.74) is 0.735. The number of rotatable bonds is 4. The van der Waals surface area contributed by atoms with Crippen LogP contribution in [0.2, 0.25) is 0 Å². The predicted octanol–water partition coefficient (Wildman–Crippen LogP) is 0.0577. The van der Waals surface area contributed by atoms with Crippen LogP contribution in [0.15, 0.2) is 18.3 Å². The quantitative estimate of drug-likeness (QED) is 0.814. The smallest absolute Gasteiger partial charge is 0.245 e. The number of hydrogen-bond donors (Lipinski definition) is 2. The average Bonchev–Trinajstić information content (AvgIpc) is 3.31. The molecule has 3 rings (SSSR count). The third-order valence-electron chi connectivity index (χ3n) is 3.66. The Morgan fingerprint density at radius 1 is 1.55 bits per heavy atom. The van der Waals surface area contributed by atoms with Crippen molar-refractivity contribution in [2.24, 2.45) is 0 Å². The van der Waals surface area contributed by atoms with Crippen LogP contribution in [-0.2, 0) is 16.1 Å². The number of morpholine rings is 1. The van der Waals surface area contributed by atoms with E-state index >= 15 is 0 Å². The lowest BCUT2D eigenvalue weighted by Crippen LogP contribution is -2.55. The van der Waals surface area contributed by atoms with E-state index in [4.69, 9.17) is 4.74 Å². The Morgan fingerprint density at radius 3 is 3.15 bits per heavy atom. The van der Waals surface area contributed by atoms with Gasteiger partial charge in [-0.3, -0.25) is 4.79 Å². The molecular weight excluding hydrogens is 258 g/mol. The summed E-state index contributed by atoms with van der Waals surface area (Å²) in [5, 5.41) is 12.4. The molecule has 0 bridgehead atoms. The van der Waals surface area contributed by atoms with E-state index in [2.05, 4.69) is 10.3 Å². The second kappa shape index (κ2) is 5.76. The molecule has 2 heterocycles. The Morgan fingerprint density at radius 2 is 2.40 bits per heavy atom. The van der Waals surface area contributed by atoms with Crippen molar-refractivity contribution in [1.29, 1.82) is 0 Å². The van der Waals surface area contributed by atoms with E-state index in [9.17, 15) is 9.90 Å². The number of aromatic nitrogens is 1. The highest BCUT2D eigenvalue weighted by Gasteiger charge is 2.34. The predicted molar refractivity (Wildman–Crippen MR) is 73.3 cm³/mol. The van der Waals surface area contributed by atoms with Crippen molar-refractivity contribution in [3.63, 3.8) is 0 Å². The summed E-state index contributed by atoms with van der Waals surface area (Å²) in [4.78, 5) is 18.6. The number of nitrogens with one attached hydrogen (secondary N) is 1. The van der Waals surface area contributed by atoms with Crippen molar-refractivity contribution in [2.45, 2.75) is 31.5 Å². The third kappa shape index (κ3) is 2.76. The zero-order valence-electron chi connectivity index (χ0n) is 11.3. The first-order valence-corrected chi connectivity index (χ1v) is 6.99. The molecule has 0 aromatic carbocycles. The highest BCUT2D eigenvalue weighted by molar-refractivity contribution is 5.86. The molecule has 20 heavy (non-hydrogen) atoms. The highest BCUT2D eigenvalue weighted by Crippen LogP contribution is 2.24. The van der Waals surface area contributed by atoms with Crippen LogP contribution in [0.1, 0.15) is 18.4 Å². The van der Waals surface area contributed by atoms with Gasteiger partial charge < -0.3 is 20.1 Å². The number of aliphatic hydroxyl groups excluding tert-OH is 1. The number of aliphatic hydroxyl groups is 1. The maximum Gasteiger partial charge on any atom is 0.245 e. The molecule has 2 aliphatic rings. The normalized spacial score (nSPS) is 22.6. The van der Waals surface area contributed by atoms with Gasteiger partial charge in [0.15, 0.2) is 0 Å².